The van der Waals surface area contributed by atoms with Crippen molar-refractivity contribution in [2.75, 3.05) is 27.1 Å². The number of aliphatic hydroxyl groups is 1. The fraction of sp³-hybridized carbons (Fsp3) is 0.943. The lowest BCUT2D eigenvalue weighted by molar-refractivity contribution is -0.265. The smallest absolute Gasteiger partial charge is 0.160 e. The Labute approximate surface area is 250 Å². The summed E-state index contributed by atoms with van der Waals surface area (Å²) in [6.45, 7) is 22.1. The third-order valence-electron chi connectivity index (χ3n) is 13.0. The summed E-state index contributed by atoms with van der Waals surface area (Å²) >= 11 is 0. The van der Waals surface area contributed by atoms with Crippen molar-refractivity contribution >= 4 is 0 Å². The molecule has 1 aliphatic heterocycles. The Morgan fingerprint density at radius 3 is 2.32 bits per heavy atom. The molecule has 4 unspecified atom stereocenters. The van der Waals surface area contributed by atoms with Crippen LogP contribution < -0.4 is 0 Å². The van der Waals surface area contributed by atoms with Gasteiger partial charge in [-0.3, -0.25) is 0 Å². The summed E-state index contributed by atoms with van der Waals surface area (Å²) in [5.74, 6) is 2.69. The highest BCUT2D eigenvalue weighted by Gasteiger charge is 2.67. The summed E-state index contributed by atoms with van der Waals surface area (Å²) in [4.78, 5) is 0. The second-order valence-electron chi connectivity index (χ2n) is 16.6. The van der Waals surface area contributed by atoms with Gasteiger partial charge in [0.15, 0.2) is 6.29 Å². The zero-order valence-corrected chi connectivity index (χ0v) is 27.7. The van der Waals surface area contributed by atoms with E-state index in [1.165, 1.54) is 19.3 Å². The molecule has 5 aliphatic rings. The van der Waals surface area contributed by atoms with Crippen molar-refractivity contribution in [3.05, 3.63) is 12.2 Å². The molecule has 1 saturated heterocycles. The molecular weight excluding hydrogens is 516 g/mol. The van der Waals surface area contributed by atoms with E-state index in [1.54, 1.807) is 7.11 Å². The number of hydrogen-bond acceptors (Lipinski definition) is 6. The summed E-state index contributed by atoms with van der Waals surface area (Å²) < 4.78 is 31.2. The molecule has 0 amide bonds. The lowest BCUT2D eigenvalue weighted by atomic mass is 9.44. The first-order valence-corrected chi connectivity index (χ1v) is 16.5. The van der Waals surface area contributed by atoms with Crippen LogP contribution in [0, 0.1) is 51.8 Å². The van der Waals surface area contributed by atoms with Gasteiger partial charge in [-0.1, -0.05) is 60.6 Å². The summed E-state index contributed by atoms with van der Waals surface area (Å²) in [5.41, 5.74) is -1.32. The van der Waals surface area contributed by atoms with Gasteiger partial charge >= 0.3 is 0 Å². The van der Waals surface area contributed by atoms with Crippen LogP contribution in [0.15, 0.2) is 12.2 Å². The number of fused-ring (bicyclic) bond motifs is 5. The van der Waals surface area contributed by atoms with Crippen LogP contribution in [0.3, 0.4) is 0 Å². The summed E-state index contributed by atoms with van der Waals surface area (Å²) in [6, 6.07) is 0. The topological polar surface area (TPSA) is 66.4 Å². The molecule has 1 N–H and O–H groups in total. The minimum absolute atomic E-state index is 0.0698. The number of hydrogen-bond donors (Lipinski definition) is 1. The van der Waals surface area contributed by atoms with Crippen molar-refractivity contribution in [3.63, 3.8) is 0 Å². The van der Waals surface area contributed by atoms with Gasteiger partial charge in [0.2, 0.25) is 0 Å². The number of allylic oxidation sites excluding steroid dienone is 1. The van der Waals surface area contributed by atoms with Crippen LogP contribution in [-0.2, 0) is 23.7 Å². The SMILES string of the molecule is COCOC1CC(OC(C)(C)C(C)C)CC2(O)C=C[C@H]3[C@@H]4CC[C@H](C(C)C5OCC(C)(C)CO5)[C@@]4(C)CC[C@@H]3[C@@]12C. The Balaban J connectivity index is 1.40. The summed E-state index contributed by atoms with van der Waals surface area (Å²) in [7, 11) is 1.68. The van der Waals surface area contributed by atoms with Crippen molar-refractivity contribution in [3.8, 4) is 0 Å². The molecule has 10 atom stereocenters. The molecule has 6 heteroatoms. The lowest BCUT2D eigenvalue weighted by Crippen LogP contribution is -2.67. The highest BCUT2D eigenvalue weighted by Crippen LogP contribution is 2.68. The van der Waals surface area contributed by atoms with Crippen LogP contribution in [0.4, 0.5) is 0 Å². The maximum absolute atomic E-state index is 12.5. The monoisotopic (exact) mass is 576 g/mol. The van der Waals surface area contributed by atoms with E-state index in [-0.39, 0.29) is 41.7 Å². The molecule has 0 radical (unpaired) electrons. The zero-order chi connectivity index (χ0) is 30.0. The van der Waals surface area contributed by atoms with Crippen molar-refractivity contribution in [2.24, 2.45) is 51.8 Å². The molecule has 0 bridgehead atoms. The Kier molecular flexibility index (Phi) is 8.67. The number of rotatable bonds is 8. The van der Waals surface area contributed by atoms with Gasteiger partial charge in [-0.2, -0.15) is 0 Å². The van der Waals surface area contributed by atoms with E-state index in [9.17, 15) is 5.11 Å². The summed E-state index contributed by atoms with van der Waals surface area (Å²) in [6.07, 6.45) is 10.3. The van der Waals surface area contributed by atoms with Crippen molar-refractivity contribution in [1.82, 2.24) is 0 Å². The van der Waals surface area contributed by atoms with Crippen molar-refractivity contribution < 1.29 is 28.8 Å². The average Bonchev–Trinajstić information content (AvgIpc) is 3.24. The highest BCUT2D eigenvalue weighted by molar-refractivity contribution is 5.27. The molecular formula is C35H60O6. The van der Waals surface area contributed by atoms with Crippen molar-refractivity contribution in [1.29, 1.82) is 0 Å². The molecule has 0 spiro atoms. The zero-order valence-electron chi connectivity index (χ0n) is 27.7. The number of methoxy groups -OCH3 is 1. The van der Waals surface area contributed by atoms with Crippen LogP contribution in [0.5, 0.6) is 0 Å². The van der Waals surface area contributed by atoms with E-state index >= 15 is 0 Å². The molecule has 4 fully saturated rings. The van der Waals surface area contributed by atoms with Crippen LogP contribution in [0.2, 0.25) is 0 Å². The van der Waals surface area contributed by atoms with Gasteiger partial charge in [0, 0.05) is 36.7 Å². The van der Waals surface area contributed by atoms with Gasteiger partial charge in [-0.15, -0.1) is 0 Å². The normalized spacial score (nSPS) is 45.3. The quantitative estimate of drug-likeness (QED) is 0.248. The predicted molar refractivity (Wildman–Crippen MR) is 161 cm³/mol. The van der Waals surface area contributed by atoms with E-state index in [2.05, 4.69) is 74.5 Å². The third kappa shape index (κ3) is 5.39. The van der Waals surface area contributed by atoms with Gasteiger partial charge in [0.05, 0.1) is 36.6 Å². The Morgan fingerprint density at radius 2 is 1.68 bits per heavy atom. The second-order valence-corrected chi connectivity index (χ2v) is 16.6. The van der Waals surface area contributed by atoms with E-state index in [1.807, 2.05) is 0 Å². The maximum atomic E-state index is 12.5. The molecule has 0 aromatic carbocycles. The van der Waals surface area contributed by atoms with Gasteiger partial charge in [0.1, 0.15) is 6.79 Å². The van der Waals surface area contributed by atoms with Crippen molar-refractivity contribution in [2.45, 2.75) is 131 Å². The minimum atomic E-state index is -0.974. The fourth-order valence-corrected chi connectivity index (χ4v) is 9.80. The summed E-state index contributed by atoms with van der Waals surface area (Å²) in [5, 5.41) is 12.5. The van der Waals surface area contributed by atoms with Crippen LogP contribution in [0.25, 0.3) is 0 Å². The second kappa shape index (κ2) is 11.1. The van der Waals surface area contributed by atoms with Crippen LogP contribution in [-0.4, -0.2) is 61.9 Å². The Hall–Kier alpha value is -0.500. The molecule has 5 rings (SSSR count). The minimum Gasteiger partial charge on any atom is -0.385 e. The average molecular weight is 577 g/mol. The number of ether oxygens (including phenoxy) is 5. The first kappa shape index (κ1) is 31.9. The molecule has 41 heavy (non-hydrogen) atoms. The highest BCUT2D eigenvalue weighted by atomic mass is 16.7. The molecule has 4 aliphatic carbocycles. The van der Waals surface area contributed by atoms with E-state index in [0.717, 1.165) is 26.1 Å². The predicted octanol–water partition coefficient (Wildman–Crippen LogP) is 6.99. The van der Waals surface area contributed by atoms with Gasteiger partial charge < -0.3 is 28.8 Å². The van der Waals surface area contributed by atoms with Gasteiger partial charge in [-0.05, 0) is 74.5 Å². The molecule has 3 saturated carbocycles. The molecule has 1 heterocycles. The van der Waals surface area contributed by atoms with E-state index in [0.29, 0.717) is 41.9 Å². The van der Waals surface area contributed by atoms with Gasteiger partial charge in [0.25, 0.3) is 0 Å². The maximum Gasteiger partial charge on any atom is 0.160 e. The molecule has 6 nitrogen and oxygen atoms in total. The van der Waals surface area contributed by atoms with Crippen LogP contribution >= 0.6 is 0 Å². The first-order chi connectivity index (χ1) is 19.1. The fourth-order valence-electron chi connectivity index (χ4n) is 9.80. The Bertz CT molecular complexity index is 950. The lowest BCUT2D eigenvalue weighted by Gasteiger charge is -2.64. The largest absolute Gasteiger partial charge is 0.385 e. The molecule has 0 aromatic rings. The molecule has 236 valence electrons. The van der Waals surface area contributed by atoms with Crippen LogP contribution in [0.1, 0.15) is 101 Å². The van der Waals surface area contributed by atoms with Gasteiger partial charge in [-0.25, -0.2) is 0 Å². The van der Waals surface area contributed by atoms with E-state index in [4.69, 9.17) is 23.7 Å². The standard InChI is InChI=1S/C35H60O6/c1-22(2)32(6,7)41-24-17-29(40-21-37-10)34(9)28-14-15-33(8)26(23(3)30-38-19-31(4,5)20-39-30)11-12-27(33)25(28)13-16-35(34,36)18-24/h13,16,22-30,36H,11-12,14-15,17-21H2,1-10H3/t23?,24?,25-,26+,27-,28-,29?,33+,34-,35?/m0/s1. The molecule has 0 aromatic heterocycles. The first-order valence-electron chi connectivity index (χ1n) is 16.5. The van der Waals surface area contributed by atoms with E-state index < -0.39 is 11.0 Å². The third-order valence-corrected chi connectivity index (χ3v) is 13.0. The Morgan fingerprint density at radius 1 is 1.00 bits per heavy atom.